The highest BCUT2D eigenvalue weighted by Gasteiger charge is 2.31. The number of carboxylic acids is 1. The third kappa shape index (κ3) is 9.86. The van der Waals surface area contributed by atoms with Gasteiger partial charge in [-0.25, -0.2) is 9.78 Å². The van der Waals surface area contributed by atoms with E-state index in [-0.39, 0.29) is 51.3 Å². The molecular formula is C30H40N4O7. The molecule has 3 amide bonds. The Morgan fingerprint density at radius 3 is 2.37 bits per heavy atom. The number of carbonyl (C=O) groups is 4. The largest absolute Gasteiger partial charge is 0.481 e. The molecular weight excluding hydrogens is 528 g/mol. The van der Waals surface area contributed by atoms with E-state index in [0.29, 0.717) is 25.1 Å². The van der Waals surface area contributed by atoms with Crippen molar-refractivity contribution in [1.82, 2.24) is 20.1 Å². The quantitative estimate of drug-likeness (QED) is 0.294. The van der Waals surface area contributed by atoms with Crippen LogP contribution in [-0.4, -0.2) is 94.3 Å². The van der Waals surface area contributed by atoms with E-state index in [9.17, 15) is 29.4 Å². The average molecular weight is 569 g/mol. The highest BCUT2D eigenvalue weighted by atomic mass is 16.6. The summed E-state index contributed by atoms with van der Waals surface area (Å²) in [7, 11) is 0. The number of aliphatic carboxylic acids is 1. The molecule has 0 bridgehead atoms. The normalized spacial score (nSPS) is 13.9. The summed E-state index contributed by atoms with van der Waals surface area (Å²) < 4.78 is 5.31. The number of aliphatic hydroxyl groups excluding tert-OH is 1. The van der Waals surface area contributed by atoms with Crippen molar-refractivity contribution in [2.75, 3.05) is 39.4 Å². The lowest BCUT2D eigenvalue weighted by molar-refractivity contribution is -0.138. The zero-order chi connectivity index (χ0) is 29.6. The van der Waals surface area contributed by atoms with Crippen molar-refractivity contribution in [2.45, 2.75) is 57.9 Å². The Kier molecular flexibility index (Phi) is 12.6. The smallest absolute Gasteiger partial charge is 0.409 e. The molecule has 222 valence electrons. The minimum atomic E-state index is -1.08. The molecule has 0 saturated carbocycles. The van der Waals surface area contributed by atoms with Crippen molar-refractivity contribution in [3.63, 3.8) is 0 Å². The van der Waals surface area contributed by atoms with Crippen LogP contribution in [0.5, 0.6) is 0 Å². The van der Waals surface area contributed by atoms with E-state index in [0.717, 1.165) is 30.4 Å². The van der Waals surface area contributed by atoms with Crippen LogP contribution in [0.4, 0.5) is 4.79 Å². The summed E-state index contributed by atoms with van der Waals surface area (Å²) in [5.41, 5.74) is 2.30. The van der Waals surface area contributed by atoms with E-state index in [4.69, 9.17) is 4.74 Å². The highest BCUT2D eigenvalue weighted by Crippen LogP contribution is 2.20. The highest BCUT2D eigenvalue weighted by molar-refractivity contribution is 5.97. The number of carbonyl (C=O) groups excluding carboxylic acids is 3. The third-order valence-electron chi connectivity index (χ3n) is 6.88. The van der Waals surface area contributed by atoms with Crippen LogP contribution < -0.4 is 5.32 Å². The van der Waals surface area contributed by atoms with Crippen molar-refractivity contribution in [2.24, 2.45) is 0 Å². The molecule has 11 nitrogen and oxygen atoms in total. The molecule has 41 heavy (non-hydrogen) atoms. The molecule has 0 spiro atoms. The number of nitrogens with one attached hydrogen (secondary N) is 1. The first-order valence-electron chi connectivity index (χ1n) is 14.2. The van der Waals surface area contributed by atoms with E-state index in [1.54, 1.807) is 11.0 Å². The van der Waals surface area contributed by atoms with Gasteiger partial charge in [0.1, 0.15) is 11.7 Å². The van der Waals surface area contributed by atoms with Gasteiger partial charge in [-0.3, -0.25) is 14.4 Å². The van der Waals surface area contributed by atoms with Crippen LogP contribution in [0.1, 0.15) is 61.5 Å². The Morgan fingerprint density at radius 1 is 1.00 bits per heavy atom. The second-order valence-corrected chi connectivity index (χ2v) is 10.0. The van der Waals surface area contributed by atoms with Gasteiger partial charge in [-0.15, -0.1) is 0 Å². The lowest BCUT2D eigenvalue weighted by Gasteiger charge is -2.36. The Morgan fingerprint density at radius 2 is 1.71 bits per heavy atom. The fourth-order valence-electron chi connectivity index (χ4n) is 4.58. The third-order valence-corrected chi connectivity index (χ3v) is 6.88. The number of nitrogens with zero attached hydrogens (tertiary/aromatic N) is 3. The predicted molar refractivity (Wildman–Crippen MR) is 152 cm³/mol. The second-order valence-electron chi connectivity index (χ2n) is 10.0. The van der Waals surface area contributed by atoms with Crippen LogP contribution in [-0.2, 0) is 20.7 Å². The van der Waals surface area contributed by atoms with E-state index in [1.165, 1.54) is 4.90 Å². The van der Waals surface area contributed by atoms with Gasteiger partial charge in [0.05, 0.1) is 12.3 Å². The molecule has 1 aromatic carbocycles. The number of hydrogen-bond acceptors (Lipinski definition) is 7. The summed E-state index contributed by atoms with van der Waals surface area (Å²) in [5, 5.41) is 21.3. The minimum absolute atomic E-state index is 0.000129. The SMILES string of the molecule is CCCCCOC(=O)N1CCN(C(=O)[C@H](CCC(=O)O)NC(=O)c2cc(CCCO)cc(-c3ccccc3)n2)CC1. The Balaban J connectivity index is 1.71. The summed E-state index contributed by atoms with van der Waals surface area (Å²) in [6, 6.07) is 11.8. The van der Waals surface area contributed by atoms with Crippen molar-refractivity contribution in [1.29, 1.82) is 0 Å². The molecule has 0 radical (unpaired) electrons. The van der Waals surface area contributed by atoms with Crippen molar-refractivity contribution in [3.05, 3.63) is 53.7 Å². The number of unbranched alkanes of at least 4 members (excludes halogenated alkanes) is 2. The number of benzene rings is 1. The molecule has 1 saturated heterocycles. The maximum Gasteiger partial charge on any atom is 0.409 e. The number of ether oxygens (including phenoxy) is 1. The summed E-state index contributed by atoms with van der Waals surface area (Å²) in [6.45, 7) is 3.49. The predicted octanol–water partition coefficient (Wildman–Crippen LogP) is 3.11. The topological polar surface area (TPSA) is 149 Å². The van der Waals surface area contributed by atoms with Crippen molar-refractivity contribution < 1.29 is 34.1 Å². The molecule has 0 aliphatic carbocycles. The fourth-order valence-corrected chi connectivity index (χ4v) is 4.58. The fraction of sp³-hybridized carbons (Fsp3) is 0.500. The number of pyridine rings is 1. The minimum Gasteiger partial charge on any atom is -0.481 e. The molecule has 11 heteroatoms. The zero-order valence-electron chi connectivity index (χ0n) is 23.6. The van der Waals surface area contributed by atoms with E-state index in [2.05, 4.69) is 17.2 Å². The maximum atomic E-state index is 13.4. The molecule has 1 aliphatic heterocycles. The molecule has 1 aromatic heterocycles. The summed E-state index contributed by atoms with van der Waals surface area (Å²) >= 11 is 0. The average Bonchev–Trinajstić information content (AvgIpc) is 3.00. The number of rotatable bonds is 14. The van der Waals surface area contributed by atoms with Crippen LogP contribution in [0.2, 0.25) is 0 Å². The molecule has 2 aromatic rings. The van der Waals surface area contributed by atoms with Gasteiger partial charge < -0.3 is 30.1 Å². The number of piperazine rings is 1. The maximum absolute atomic E-state index is 13.4. The number of amides is 3. The van der Waals surface area contributed by atoms with Crippen molar-refractivity contribution in [3.8, 4) is 11.3 Å². The summed E-state index contributed by atoms with van der Waals surface area (Å²) in [6.07, 6.45) is 3.05. The van der Waals surface area contributed by atoms with Gasteiger partial charge in [-0.1, -0.05) is 50.1 Å². The van der Waals surface area contributed by atoms with E-state index < -0.39 is 29.9 Å². The molecule has 1 fully saturated rings. The Bertz CT molecular complexity index is 1170. The number of hydrogen-bond donors (Lipinski definition) is 3. The van der Waals surface area contributed by atoms with Crippen molar-refractivity contribution >= 4 is 23.9 Å². The van der Waals surface area contributed by atoms with E-state index >= 15 is 0 Å². The van der Waals surface area contributed by atoms with Crippen LogP contribution >= 0.6 is 0 Å². The second kappa shape index (κ2) is 16.3. The lowest BCUT2D eigenvalue weighted by Crippen LogP contribution is -2.56. The summed E-state index contributed by atoms with van der Waals surface area (Å²) in [5.74, 6) is -2.08. The number of carboxylic acid groups (broad SMARTS) is 1. The zero-order valence-corrected chi connectivity index (χ0v) is 23.6. The Labute approximate surface area is 240 Å². The molecule has 2 heterocycles. The van der Waals surface area contributed by atoms with Gasteiger partial charge in [0, 0.05) is 44.8 Å². The molecule has 1 aliphatic rings. The van der Waals surface area contributed by atoms with Crippen LogP contribution in [0, 0.1) is 0 Å². The van der Waals surface area contributed by atoms with Gasteiger partial charge in [0.25, 0.3) is 5.91 Å². The first-order chi connectivity index (χ1) is 19.8. The first-order valence-corrected chi connectivity index (χ1v) is 14.2. The molecule has 0 unspecified atom stereocenters. The monoisotopic (exact) mass is 568 g/mol. The standard InChI is InChI=1S/C30H40N4O7/c1-2-3-7-19-41-30(40)34-16-14-33(15-17-34)29(39)24(12-13-27(36)37)32-28(38)26-21-22(9-8-18-35)20-25(31-26)23-10-5-4-6-11-23/h4-6,10-11,20-21,24,35H,2-3,7-9,12-19H2,1H3,(H,32,38)(H,36,37)/t24-/m0/s1. The summed E-state index contributed by atoms with van der Waals surface area (Å²) in [4.78, 5) is 58.1. The van der Waals surface area contributed by atoms with E-state index in [1.807, 2.05) is 36.4 Å². The Hall–Kier alpha value is -3.99. The van der Waals surface area contributed by atoms with Crippen LogP contribution in [0.15, 0.2) is 42.5 Å². The van der Waals surface area contributed by atoms with Crippen LogP contribution in [0.25, 0.3) is 11.3 Å². The van der Waals surface area contributed by atoms with Crippen LogP contribution in [0.3, 0.4) is 0 Å². The van der Waals surface area contributed by atoms with Gasteiger partial charge in [0.15, 0.2) is 0 Å². The number of aliphatic hydroxyl groups is 1. The van der Waals surface area contributed by atoms with Gasteiger partial charge in [0.2, 0.25) is 5.91 Å². The number of aryl methyl sites for hydroxylation is 1. The lowest BCUT2D eigenvalue weighted by atomic mass is 10.0. The first kappa shape index (κ1) is 31.5. The molecule has 1 atom stereocenters. The van der Waals surface area contributed by atoms with Gasteiger partial charge in [-0.05, 0) is 43.4 Å². The molecule has 3 rings (SSSR count). The molecule has 3 N–H and O–H groups in total. The number of aromatic nitrogens is 1. The van der Waals surface area contributed by atoms with Gasteiger partial charge >= 0.3 is 12.1 Å². The van der Waals surface area contributed by atoms with Gasteiger partial charge in [-0.2, -0.15) is 0 Å².